The van der Waals surface area contributed by atoms with Crippen molar-refractivity contribution in [2.75, 3.05) is 20.2 Å². The summed E-state index contributed by atoms with van der Waals surface area (Å²) in [5, 5.41) is 0. The summed E-state index contributed by atoms with van der Waals surface area (Å²) in [4.78, 5) is 13.7. The second-order valence-electron chi connectivity index (χ2n) is 5.16. The number of rotatable bonds is 6. The van der Waals surface area contributed by atoms with Crippen LogP contribution in [-0.4, -0.2) is 42.1 Å². The monoisotopic (exact) mass is 230 g/mol. The number of nitrogens with zero attached hydrogens (tertiary/aromatic N) is 1. The van der Waals surface area contributed by atoms with Gasteiger partial charge in [-0.05, 0) is 41.2 Å². The molecule has 1 unspecified atom stereocenters. The van der Waals surface area contributed by atoms with Gasteiger partial charge in [-0.3, -0.25) is 9.69 Å². The summed E-state index contributed by atoms with van der Waals surface area (Å²) < 4.78 is 4.96. The molecule has 0 saturated carbocycles. The van der Waals surface area contributed by atoms with Crippen LogP contribution < -0.4 is 5.73 Å². The first kappa shape index (κ1) is 15.4. The number of ether oxygens (including phenoxy) is 1. The van der Waals surface area contributed by atoms with E-state index in [4.69, 9.17) is 10.5 Å². The van der Waals surface area contributed by atoms with Gasteiger partial charge in [0.2, 0.25) is 0 Å². The number of nitrogens with two attached hydrogens (primary N) is 1. The second kappa shape index (κ2) is 5.64. The number of carbonyl (C=O) groups excluding carboxylic acids is 1. The third kappa shape index (κ3) is 4.10. The Labute approximate surface area is 99.1 Å². The fourth-order valence-electron chi connectivity index (χ4n) is 1.34. The van der Waals surface area contributed by atoms with Crippen LogP contribution in [0.25, 0.3) is 0 Å². The molecule has 0 aliphatic rings. The van der Waals surface area contributed by atoms with Crippen molar-refractivity contribution in [3.8, 4) is 0 Å². The predicted octanol–water partition coefficient (Wildman–Crippen LogP) is 1.39. The minimum Gasteiger partial charge on any atom is -0.465 e. The molecule has 0 spiro atoms. The number of esters is 1. The van der Waals surface area contributed by atoms with Gasteiger partial charge in [-0.25, -0.2) is 0 Å². The fourth-order valence-corrected chi connectivity index (χ4v) is 1.34. The molecule has 0 saturated heterocycles. The first-order valence-corrected chi connectivity index (χ1v) is 5.84. The van der Waals surface area contributed by atoms with Crippen LogP contribution in [-0.2, 0) is 9.53 Å². The average molecular weight is 230 g/mol. The summed E-state index contributed by atoms with van der Waals surface area (Å²) in [6.07, 6.45) is 1.00. The molecule has 4 heteroatoms. The molecule has 0 aromatic heterocycles. The largest absolute Gasteiger partial charge is 0.465 e. The minimum atomic E-state index is -0.947. The van der Waals surface area contributed by atoms with E-state index in [-0.39, 0.29) is 11.5 Å². The Kier molecular flexibility index (Phi) is 5.42. The van der Waals surface area contributed by atoms with Gasteiger partial charge in [0.15, 0.2) is 0 Å². The lowest BCUT2D eigenvalue weighted by Crippen LogP contribution is -2.57. The van der Waals surface area contributed by atoms with Crippen LogP contribution in [0.15, 0.2) is 0 Å². The molecular weight excluding hydrogens is 204 g/mol. The summed E-state index contributed by atoms with van der Waals surface area (Å²) in [6, 6.07) is 0. The highest BCUT2D eigenvalue weighted by Crippen LogP contribution is 2.18. The molecule has 0 radical (unpaired) electrons. The SMILES string of the molecule is CCOC(=O)C(C)(N)CN(C)C(C)(C)CC. The van der Waals surface area contributed by atoms with Crippen molar-refractivity contribution in [2.24, 2.45) is 5.73 Å². The van der Waals surface area contributed by atoms with E-state index in [0.717, 1.165) is 6.42 Å². The topological polar surface area (TPSA) is 55.6 Å². The molecule has 0 aliphatic carbocycles. The van der Waals surface area contributed by atoms with E-state index in [2.05, 4.69) is 25.7 Å². The van der Waals surface area contributed by atoms with Gasteiger partial charge in [0, 0.05) is 12.1 Å². The predicted molar refractivity (Wildman–Crippen MR) is 66.2 cm³/mol. The van der Waals surface area contributed by atoms with Crippen LogP contribution in [0.3, 0.4) is 0 Å². The average Bonchev–Trinajstić information content (AvgIpc) is 2.17. The molecule has 0 aromatic carbocycles. The Balaban J connectivity index is 4.52. The highest BCUT2D eigenvalue weighted by atomic mass is 16.5. The third-order valence-corrected chi connectivity index (χ3v) is 3.21. The fraction of sp³-hybridized carbons (Fsp3) is 0.917. The summed E-state index contributed by atoms with van der Waals surface area (Å²) in [6.45, 7) is 10.7. The Morgan fingerprint density at radius 1 is 1.31 bits per heavy atom. The van der Waals surface area contributed by atoms with Crippen LogP contribution in [0, 0.1) is 0 Å². The zero-order valence-corrected chi connectivity index (χ0v) is 11.5. The lowest BCUT2D eigenvalue weighted by atomic mass is 9.96. The zero-order chi connectivity index (χ0) is 13.0. The van der Waals surface area contributed by atoms with E-state index in [0.29, 0.717) is 13.2 Å². The number of hydrogen-bond acceptors (Lipinski definition) is 4. The van der Waals surface area contributed by atoms with Gasteiger partial charge in [-0.2, -0.15) is 0 Å². The highest BCUT2D eigenvalue weighted by molar-refractivity contribution is 5.80. The van der Waals surface area contributed by atoms with Gasteiger partial charge in [0.1, 0.15) is 5.54 Å². The molecule has 0 fully saturated rings. The van der Waals surface area contributed by atoms with E-state index >= 15 is 0 Å². The Bertz CT molecular complexity index is 237. The number of likely N-dealkylation sites (N-methyl/N-ethyl adjacent to an activating group) is 1. The molecular formula is C12H26N2O2. The van der Waals surface area contributed by atoms with E-state index < -0.39 is 5.54 Å². The quantitative estimate of drug-likeness (QED) is 0.701. The first-order chi connectivity index (χ1) is 7.17. The number of hydrogen-bond donors (Lipinski definition) is 1. The number of carbonyl (C=O) groups is 1. The molecule has 0 aromatic rings. The van der Waals surface area contributed by atoms with Gasteiger partial charge in [0.25, 0.3) is 0 Å². The lowest BCUT2D eigenvalue weighted by molar-refractivity contribution is -0.150. The second-order valence-corrected chi connectivity index (χ2v) is 5.16. The van der Waals surface area contributed by atoms with Crippen molar-refractivity contribution in [2.45, 2.75) is 52.1 Å². The van der Waals surface area contributed by atoms with Crippen molar-refractivity contribution in [1.29, 1.82) is 0 Å². The summed E-state index contributed by atoms with van der Waals surface area (Å²) in [5.41, 5.74) is 5.07. The van der Waals surface area contributed by atoms with Gasteiger partial charge < -0.3 is 10.5 Å². The lowest BCUT2D eigenvalue weighted by Gasteiger charge is -2.38. The summed E-state index contributed by atoms with van der Waals surface area (Å²) >= 11 is 0. The van der Waals surface area contributed by atoms with E-state index in [9.17, 15) is 4.79 Å². The molecule has 16 heavy (non-hydrogen) atoms. The molecule has 0 rings (SSSR count). The van der Waals surface area contributed by atoms with Gasteiger partial charge in [-0.15, -0.1) is 0 Å². The minimum absolute atomic E-state index is 0.0348. The maximum Gasteiger partial charge on any atom is 0.327 e. The Hall–Kier alpha value is -0.610. The molecule has 0 aliphatic heterocycles. The Morgan fingerprint density at radius 3 is 2.19 bits per heavy atom. The molecule has 0 bridgehead atoms. The van der Waals surface area contributed by atoms with E-state index in [1.54, 1.807) is 13.8 Å². The maximum atomic E-state index is 11.6. The van der Waals surface area contributed by atoms with Crippen LogP contribution in [0.4, 0.5) is 0 Å². The van der Waals surface area contributed by atoms with Crippen molar-refractivity contribution in [3.05, 3.63) is 0 Å². The van der Waals surface area contributed by atoms with Crippen molar-refractivity contribution in [1.82, 2.24) is 4.90 Å². The van der Waals surface area contributed by atoms with E-state index in [1.807, 2.05) is 7.05 Å². The maximum absolute atomic E-state index is 11.6. The summed E-state index contributed by atoms with van der Waals surface area (Å²) in [7, 11) is 1.98. The molecule has 0 heterocycles. The summed E-state index contributed by atoms with van der Waals surface area (Å²) in [5.74, 6) is -0.339. The van der Waals surface area contributed by atoms with Gasteiger partial charge in [0.05, 0.1) is 6.61 Å². The smallest absolute Gasteiger partial charge is 0.327 e. The van der Waals surface area contributed by atoms with Crippen molar-refractivity contribution < 1.29 is 9.53 Å². The van der Waals surface area contributed by atoms with Crippen LogP contribution in [0.1, 0.15) is 41.0 Å². The first-order valence-electron chi connectivity index (χ1n) is 5.84. The Morgan fingerprint density at radius 2 is 1.81 bits per heavy atom. The molecule has 1 atom stereocenters. The molecule has 0 amide bonds. The highest BCUT2D eigenvalue weighted by Gasteiger charge is 2.34. The van der Waals surface area contributed by atoms with Gasteiger partial charge >= 0.3 is 5.97 Å². The van der Waals surface area contributed by atoms with Crippen molar-refractivity contribution >= 4 is 5.97 Å². The zero-order valence-electron chi connectivity index (χ0n) is 11.5. The van der Waals surface area contributed by atoms with Crippen LogP contribution >= 0.6 is 0 Å². The standard InChI is InChI=1S/C12H26N2O2/c1-7-11(3,4)14(6)9-12(5,13)10(15)16-8-2/h7-9,13H2,1-6H3. The molecule has 4 nitrogen and oxygen atoms in total. The van der Waals surface area contributed by atoms with Crippen LogP contribution in [0.2, 0.25) is 0 Å². The van der Waals surface area contributed by atoms with E-state index in [1.165, 1.54) is 0 Å². The molecule has 96 valence electrons. The normalized spacial score (nSPS) is 16.0. The third-order valence-electron chi connectivity index (χ3n) is 3.21. The van der Waals surface area contributed by atoms with Gasteiger partial charge in [-0.1, -0.05) is 6.92 Å². The molecule has 2 N–H and O–H groups in total. The van der Waals surface area contributed by atoms with Crippen LogP contribution in [0.5, 0.6) is 0 Å². The van der Waals surface area contributed by atoms with Crippen molar-refractivity contribution in [3.63, 3.8) is 0 Å².